The molecule has 19 heavy (non-hydrogen) atoms. The van der Waals surface area contributed by atoms with Crippen LogP contribution >= 0.6 is 0 Å². The summed E-state index contributed by atoms with van der Waals surface area (Å²) in [5.41, 5.74) is 7.38. The van der Waals surface area contributed by atoms with Crippen LogP contribution in [0.3, 0.4) is 0 Å². The number of anilines is 2. The van der Waals surface area contributed by atoms with Gasteiger partial charge in [0.1, 0.15) is 11.9 Å². The molecule has 0 fully saturated rings. The Balaban J connectivity index is 3.04. The molecule has 108 valence electrons. The molecule has 1 unspecified atom stereocenters. The van der Waals surface area contributed by atoms with E-state index in [9.17, 15) is 4.79 Å². The highest BCUT2D eigenvalue weighted by Crippen LogP contribution is 2.24. The number of methoxy groups -OCH3 is 1. The Bertz CT molecular complexity index is 440. The van der Waals surface area contributed by atoms with Gasteiger partial charge in [0.15, 0.2) is 0 Å². The van der Waals surface area contributed by atoms with E-state index < -0.39 is 6.04 Å². The van der Waals surface area contributed by atoms with E-state index in [1.54, 1.807) is 0 Å². The largest absolute Gasteiger partial charge is 0.467 e. The lowest BCUT2D eigenvalue weighted by molar-refractivity contribution is -0.142. The van der Waals surface area contributed by atoms with E-state index in [-0.39, 0.29) is 11.9 Å². The van der Waals surface area contributed by atoms with Crippen LogP contribution in [0.2, 0.25) is 0 Å². The maximum Gasteiger partial charge on any atom is 0.328 e. The lowest BCUT2D eigenvalue weighted by atomic mass is 10.0. The van der Waals surface area contributed by atoms with Crippen molar-refractivity contribution in [3.63, 3.8) is 0 Å². The van der Waals surface area contributed by atoms with Gasteiger partial charge in [-0.3, -0.25) is 0 Å². The SMILES string of the molecule is CCCn1nc(C)c(N)c1NC(C(=O)OC)C(C)C. The van der Waals surface area contributed by atoms with E-state index in [0.717, 1.165) is 18.7 Å². The van der Waals surface area contributed by atoms with Gasteiger partial charge in [0, 0.05) is 6.54 Å². The molecule has 0 saturated heterocycles. The quantitative estimate of drug-likeness (QED) is 0.769. The number of nitrogens with zero attached hydrogens (tertiary/aromatic N) is 2. The smallest absolute Gasteiger partial charge is 0.328 e. The second kappa shape index (κ2) is 6.45. The number of hydrogen-bond acceptors (Lipinski definition) is 5. The van der Waals surface area contributed by atoms with Crippen LogP contribution in [-0.4, -0.2) is 28.9 Å². The standard InChI is InChI=1S/C13H24N4O2/c1-6-7-17-12(10(14)9(4)16-17)15-11(8(2)3)13(18)19-5/h8,11,15H,6-7,14H2,1-5H3. The maximum absolute atomic E-state index is 11.8. The minimum Gasteiger partial charge on any atom is -0.467 e. The fourth-order valence-corrected chi connectivity index (χ4v) is 1.89. The number of hydrogen-bond donors (Lipinski definition) is 2. The number of carbonyl (C=O) groups excluding carboxylic acids is 1. The highest BCUT2D eigenvalue weighted by molar-refractivity contribution is 5.81. The molecule has 0 amide bonds. The van der Waals surface area contributed by atoms with Gasteiger partial charge >= 0.3 is 5.97 Å². The monoisotopic (exact) mass is 268 g/mol. The number of carbonyl (C=O) groups is 1. The first-order chi connectivity index (χ1) is 8.92. The average molecular weight is 268 g/mol. The Hall–Kier alpha value is -1.72. The molecule has 0 aliphatic heterocycles. The van der Waals surface area contributed by atoms with Crippen LogP contribution in [-0.2, 0) is 16.1 Å². The van der Waals surface area contributed by atoms with Crippen LogP contribution in [0.5, 0.6) is 0 Å². The summed E-state index contributed by atoms with van der Waals surface area (Å²) in [6, 6.07) is -0.431. The minimum atomic E-state index is -0.431. The van der Waals surface area contributed by atoms with Crippen LogP contribution < -0.4 is 11.1 Å². The van der Waals surface area contributed by atoms with Crippen molar-refractivity contribution in [2.45, 2.75) is 46.7 Å². The van der Waals surface area contributed by atoms with Gasteiger partial charge in [0.05, 0.1) is 18.5 Å². The highest BCUT2D eigenvalue weighted by atomic mass is 16.5. The zero-order valence-electron chi connectivity index (χ0n) is 12.4. The zero-order chi connectivity index (χ0) is 14.6. The van der Waals surface area contributed by atoms with Crippen molar-refractivity contribution in [3.05, 3.63) is 5.69 Å². The van der Waals surface area contributed by atoms with E-state index >= 15 is 0 Å². The highest BCUT2D eigenvalue weighted by Gasteiger charge is 2.25. The Morgan fingerprint density at radius 3 is 2.63 bits per heavy atom. The van der Waals surface area contributed by atoms with Gasteiger partial charge in [-0.1, -0.05) is 20.8 Å². The molecule has 0 spiro atoms. The molecule has 6 nitrogen and oxygen atoms in total. The number of esters is 1. The molecule has 1 rings (SSSR count). The third-order valence-electron chi connectivity index (χ3n) is 3.02. The molecule has 0 saturated carbocycles. The van der Waals surface area contributed by atoms with E-state index in [0.29, 0.717) is 11.5 Å². The summed E-state index contributed by atoms with van der Waals surface area (Å²) >= 11 is 0. The van der Waals surface area contributed by atoms with Crippen LogP contribution in [0.4, 0.5) is 11.5 Å². The van der Waals surface area contributed by atoms with E-state index in [2.05, 4.69) is 17.3 Å². The number of nitrogens with two attached hydrogens (primary N) is 1. The first-order valence-corrected chi connectivity index (χ1v) is 6.59. The maximum atomic E-state index is 11.8. The van der Waals surface area contributed by atoms with Gasteiger partial charge in [0.25, 0.3) is 0 Å². The van der Waals surface area contributed by atoms with E-state index in [1.165, 1.54) is 7.11 Å². The molecular weight excluding hydrogens is 244 g/mol. The van der Waals surface area contributed by atoms with E-state index in [1.807, 2.05) is 25.5 Å². The van der Waals surface area contributed by atoms with Crippen LogP contribution in [0.1, 0.15) is 32.9 Å². The van der Waals surface area contributed by atoms with Gasteiger partial charge in [-0.15, -0.1) is 0 Å². The molecule has 0 radical (unpaired) electrons. The topological polar surface area (TPSA) is 82.2 Å². The summed E-state index contributed by atoms with van der Waals surface area (Å²) in [6.45, 7) is 8.59. The number of nitrogen functional groups attached to an aromatic ring is 1. The summed E-state index contributed by atoms with van der Waals surface area (Å²) in [4.78, 5) is 11.8. The number of aromatic nitrogens is 2. The fourth-order valence-electron chi connectivity index (χ4n) is 1.89. The third kappa shape index (κ3) is 3.39. The molecule has 6 heteroatoms. The minimum absolute atomic E-state index is 0.0946. The Morgan fingerprint density at radius 2 is 2.16 bits per heavy atom. The van der Waals surface area contributed by atoms with E-state index in [4.69, 9.17) is 10.5 Å². The average Bonchev–Trinajstić information content (AvgIpc) is 2.62. The number of ether oxygens (including phenoxy) is 1. The van der Waals surface area contributed by atoms with Crippen LogP contribution in [0.25, 0.3) is 0 Å². The van der Waals surface area contributed by atoms with Crippen molar-refractivity contribution in [2.75, 3.05) is 18.2 Å². The van der Waals surface area contributed by atoms with Crippen molar-refractivity contribution < 1.29 is 9.53 Å². The van der Waals surface area contributed by atoms with Crippen LogP contribution in [0.15, 0.2) is 0 Å². The molecule has 1 aromatic heterocycles. The van der Waals surface area contributed by atoms with Crippen molar-refractivity contribution in [1.29, 1.82) is 0 Å². The summed E-state index contributed by atoms with van der Waals surface area (Å²) in [7, 11) is 1.39. The predicted molar refractivity (Wildman–Crippen MR) is 75.9 cm³/mol. The fraction of sp³-hybridized carbons (Fsp3) is 0.692. The number of nitrogens with one attached hydrogen (secondary N) is 1. The summed E-state index contributed by atoms with van der Waals surface area (Å²) in [5, 5.41) is 7.55. The first kappa shape index (κ1) is 15.3. The molecule has 0 aliphatic carbocycles. The normalized spacial score (nSPS) is 12.5. The second-order valence-corrected chi connectivity index (χ2v) is 4.96. The summed E-state index contributed by atoms with van der Waals surface area (Å²) in [5.74, 6) is 0.497. The Morgan fingerprint density at radius 1 is 1.53 bits per heavy atom. The molecule has 0 aliphatic rings. The number of rotatable bonds is 6. The van der Waals surface area contributed by atoms with Crippen molar-refractivity contribution >= 4 is 17.5 Å². The van der Waals surface area contributed by atoms with Gasteiger partial charge in [-0.25, -0.2) is 9.48 Å². The number of aryl methyl sites for hydroxylation is 2. The molecular formula is C13H24N4O2. The van der Waals surface area contributed by atoms with Crippen molar-refractivity contribution in [2.24, 2.45) is 5.92 Å². The molecule has 1 atom stereocenters. The van der Waals surface area contributed by atoms with Gasteiger partial charge in [0.2, 0.25) is 0 Å². The molecule has 0 bridgehead atoms. The third-order valence-corrected chi connectivity index (χ3v) is 3.02. The van der Waals surface area contributed by atoms with Gasteiger partial charge in [-0.05, 0) is 19.3 Å². The summed E-state index contributed by atoms with van der Waals surface area (Å²) in [6.07, 6.45) is 0.944. The van der Waals surface area contributed by atoms with Crippen molar-refractivity contribution in [1.82, 2.24) is 9.78 Å². The summed E-state index contributed by atoms with van der Waals surface area (Å²) < 4.78 is 6.63. The Labute approximate surface area is 114 Å². The lowest BCUT2D eigenvalue weighted by Gasteiger charge is -2.21. The molecule has 1 heterocycles. The predicted octanol–water partition coefficient (Wildman–Crippen LogP) is 1.79. The molecule has 3 N–H and O–H groups in total. The second-order valence-electron chi connectivity index (χ2n) is 4.96. The molecule has 1 aromatic rings. The Kier molecular flexibility index (Phi) is 5.20. The van der Waals surface area contributed by atoms with Gasteiger partial charge in [-0.2, -0.15) is 5.10 Å². The zero-order valence-corrected chi connectivity index (χ0v) is 12.4. The first-order valence-electron chi connectivity index (χ1n) is 6.59. The molecule has 0 aromatic carbocycles. The lowest BCUT2D eigenvalue weighted by Crippen LogP contribution is -2.36. The van der Waals surface area contributed by atoms with Gasteiger partial charge < -0.3 is 15.8 Å². The van der Waals surface area contributed by atoms with Crippen LogP contribution in [0, 0.1) is 12.8 Å². The van der Waals surface area contributed by atoms with Crippen molar-refractivity contribution in [3.8, 4) is 0 Å².